The van der Waals surface area contributed by atoms with Crippen LogP contribution in [-0.2, 0) is 22.5 Å². The number of amides is 2. The van der Waals surface area contributed by atoms with E-state index in [0.717, 1.165) is 0 Å². The summed E-state index contributed by atoms with van der Waals surface area (Å²) in [5, 5.41) is 14.1. The van der Waals surface area contributed by atoms with Gasteiger partial charge in [0.25, 0.3) is 17.6 Å². The summed E-state index contributed by atoms with van der Waals surface area (Å²) in [5.74, 6) is -7.40. The van der Waals surface area contributed by atoms with Gasteiger partial charge < -0.3 is 20.3 Å². The Labute approximate surface area is 250 Å². The van der Waals surface area contributed by atoms with E-state index in [1.54, 1.807) is 16.9 Å². The first-order valence-electron chi connectivity index (χ1n) is 15.0. The Balaban J connectivity index is 1.36. The summed E-state index contributed by atoms with van der Waals surface area (Å²) in [6, 6.07) is 0.865. The highest BCUT2D eigenvalue weighted by molar-refractivity contribution is 5.92. The number of aryl methyl sites for hydroxylation is 1. The molecule has 0 spiro atoms. The highest BCUT2D eigenvalue weighted by Gasteiger charge is 2.42. The number of hydrogen-bond acceptors (Lipinski definition) is 8. The molecule has 2 amide bonds. The Morgan fingerprint density at radius 1 is 1.16 bits per heavy atom. The van der Waals surface area contributed by atoms with Gasteiger partial charge >= 0.3 is 0 Å². The van der Waals surface area contributed by atoms with Gasteiger partial charge in [-0.1, -0.05) is 0 Å². The van der Waals surface area contributed by atoms with Gasteiger partial charge in [-0.15, -0.1) is 0 Å². The van der Waals surface area contributed by atoms with Crippen LogP contribution in [0.1, 0.15) is 66.9 Å². The number of rotatable bonds is 8. The van der Waals surface area contributed by atoms with E-state index in [4.69, 9.17) is 19.8 Å². The summed E-state index contributed by atoms with van der Waals surface area (Å²) < 4.78 is 65.1. The molecular weight excluding hydrogens is 586 g/mol. The van der Waals surface area contributed by atoms with Crippen molar-refractivity contribution in [3.63, 3.8) is 0 Å². The first kappa shape index (κ1) is 30.2. The van der Waals surface area contributed by atoms with Crippen LogP contribution in [0.3, 0.4) is 0 Å². The molecule has 44 heavy (non-hydrogen) atoms. The number of morpholine rings is 1. The van der Waals surface area contributed by atoms with E-state index in [-0.39, 0.29) is 43.8 Å². The second-order valence-electron chi connectivity index (χ2n) is 11.7. The number of nitrogens with one attached hydrogen (secondary N) is 2. The summed E-state index contributed by atoms with van der Waals surface area (Å²) in [6.07, 6.45) is 2.17. The van der Waals surface area contributed by atoms with Crippen LogP contribution in [0.5, 0.6) is 0 Å². The minimum absolute atomic E-state index is 0.0660. The summed E-state index contributed by atoms with van der Waals surface area (Å²) in [5.41, 5.74) is 1.08. The average molecular weight is 622 g/mol. The topological polar surface area (TPSA) is 132 Å². The SMILES string of the molecule is CCn1nccc1C(=O)N[C@H](c1cn2nc(CC3CC(F)(F)CNC3=O)c(N3CCOCC3)nc2n1)C1CCC(F)(F)CC1. The highest BCUT2D eigenvalue weighted by atomic mass is 19.3. The van der Waals surface area contributed by atoms with E-state index in [0.29, 0.717) is 55.7 Å². The number of alkyl halides is 4. The smallest absolute Gasteiger partial charge is 0.270 e. The Hall–Kier alpha value is -3.82. The van der Waals surface area contributed by atoms with Crippen LogP contribution in [0, 0.1) is 11.8 Å². The van der Waals surface area contributed by atoms with E-state index in [2.05, 4.69) is 15.7 Å². The predicted molar refractivity (Wildman–Crippen MR) is 149 cm³/mol. The van der Waals surface area contributed by atoms with E-state index < -0.39 is 48.6 Å². The fourth-order valence-electron chi connectivity index (χ4n) is 6.28. The number of aromatic nitrogens is 6. The Morgan fingerprint density at radius 2 is 1.91 bits per heavy atom. The monoisotopic (exact) mass is 621 g/mol. The highest BCUT2D eigenvalue weighted by Crippen LogP contribution is 2.41. The molecule has 6 rings (SSSR count). The normalized spacial score (nSPS) is 23.0. The molecule has 1 unspecified atom stereocenters. The molecule has 238 valence electrons. The van der Waals surface area contributed by atoms with Crippen molar-refractivity contribution in [2.45, 2.75) is 69.9 Å². The molecule has 1 saturated carbocycles. The molecule has 2 atom stereocenters. The number of carbonyl (C=O) groups excluding carboxylic acids is 2. The largest absolute Gasteiger partial charge is 0.378 e. The van der Waals surface area contributed by atoms with Crippen molar-refractivity contribution >= 4 is 23.4 Å². The molecule has 3 aromatic heterocycles. The van der Waals surface area contributed by atoms with Gasteiger partial charge in [0.15, 0.2) is 5.82 Å². The number of fused-ring (bicyclic) bond motifs is 1. The van der Waals surface area contributed by atoms with Crippen LogP contribution in [0.25, 0.3) is 5.78 Å². The lowest BCUT2D eigenvalue weighted by Gasteiger charge is -2.33. The number of ether oxygens (including phenoxy) is 1. The van der Waals surface area contributed by atoms with Crippen LogP contribution < -0.4 is 15.5 Å². The van der Waals surface area contributed by atoms with Gasteiger partial charge in [-0.2, -0.15) is 15.2 Å². The molecule has 0 bridgehead atoms. The van der Waals surface area contributed by atoms with Crippen LogP contribution in [0.15, 0.2) is 18.5 Å². The lowest BCUT2D eigenvalue weighted by atomic mass is 9.81. The first-order valence-corrected chi connectivity index (χ1v) is 15.0. The van der Waals surface area contributed by atoms with Gasteiger partial charge in [-0.3, -0.25) is 14.3 Å². The summed E-state index contributed by atoms with van der Waals surface area (Å²) in [7, 11) is 0. The number of hydrogen-bond donors (Lipinski definition) is 2. The van der Waals surface area contributed by atoms with Gasteiger partial charge in [-0.25, -0.2) is 27.1 Å². The van der Waals surface area contributed by atoms with E-state index in [1.165, 1.54) is 10.7 Å². The quantitative estimate of drug-likeness (QED) is 0.368. The van der Waals surface area contributed by atoms with Gasteiger partial charge in [0.05, 0.1) is 37.7 Å². The second kappa shape index (κ2) is 11.9. The number of carbonyl (C=O) groups is 2. The van der Waals surface area contributed by atoms with Crippen molar-refractivity contribution in [3.8, 4) is 0 Å². The van der Waals surface area contributed by atoms with Crippen LogP contribution in [0.2, 0.25) is 0 Å². The van der Waals surface area contributed by atoms with E-state index in [9.17, 15) is 27.2 Å². The maximum Gasteiger partial charge on any atom is 0.270 e. The standard InChI is InChI=1S/C28H35F4N9O3/c1-2-40-21(5-8-34-40)25(43)36-22(17-3-6-27(29,30)7-4-17)20-15-41-26(35-20)37-23(39-9-11-44-12-10-39)19(38-41)13-18-14-28(31,32)16-33-24(18)42/h5,8,15,17-18,22H,2-4,6-7,9-14,16H2,1H3,(H,33,42)(H,36,43)/t18?,22-/m0/s1. The molecule has 2 aliphatic heterocycles. The molecule has 16 heteroatoms. The summed E-state index contributed by atoms with van der Waals surface area (Å²) in [6.45, 7) is 3.46. The van der Waals surface area contributed by atoms with Gasteiger partial charge in [0.1, 0.15) is 11.4 Å². The Morgan fingerprint density at radius 3 is 2.64 bits per heavy atom. The minimum atomic E-state index is -3.03. The fraction of sp³-hybridized carbons (Fsp3) is 0.643. The molecule has 3 aliphatic rings. The molecule has 2 N–H and O–H groups in total. The zero-order chi connectivity index (χ0) is 31.1. The molecule has 3 fully saturated rings. The molecular formula is C28H35F4N9O3. The van der Waals surface area contributed by atoms with E-state index >= 15 is 0 Å². The minimum Gasteiger partial charge on any atom is -0.378 e. The zero-order valence-electron chi connectivity index (χ0n) is 24.3. The van der Waals surface area contributed by atoms with Crippen molar-refractivity contribution in [1.29, 1.82) is 0 Å². The molecule has 0 radical (unpaired) electrons. The number of imidazole rings is 1. The lowest BCUT2D eigenvalue weighted by Crippen LogP contribution is -2.48. The van der Waals surface area contributed by atoms with Crippen LogP contribution in [0.4, 0.5) is 23.4 Å². The fourth-order valence-corrected chi connectivity index (χ4v) is 6.28. The lowest BCUT2D eigenvalue weighted by molar-refractivity contribution is -0.136. The zero-order valence-corrected chi connectivity index (χ0v) is 24.3. The number of nitrogens with zero attached hydrogens (tertiary/aromatic N) is 7. The summed E-state index contributed by atoms with van der Waals surface area (Å²) >= 11 is 0. The molecule has 2 saturated heterocycles. The second-order valence-corrected chi connectivity index (χ2v) is 11.7. The van der Waals surface area contributed by atoms with Gasteiger partial charge in [0.2, 0.25) is 11.8 Å². The number of anilines is 1. The molecule has 12 nitrogen and oxygen atoms in total. The Kier molecular flexibility index (Phi) is 8.20. The third kappa shape index (κ3) is 6.35. The first-order chi connectivity index (χ1) is 21.0. The van der Waals surface area contributed by atoms with E-state index in [1.807, 2.05) is 11.8 Å². The average Bonchev–Trinajstić information content (AvgIpc) is 3.65. The summed E-state index contributed by atoms with van der Waals surface area (Å²) in [4.78, 5) is 37.3. The van der Waals surface area contributed by atoms with Gasteiger partial charge in [0, 0.05) is 57.4 Å². The Bertz CT molecular complexity index is 1510. The van der Waals surface area contributed by atoms with Crippen molar-refractivity contribution < 1.29 is 31.9 Å². The van der Waals surface area contributed by atoms with Crippen LogP contribution >= 0.6 is 0 Å². The molecule has 1 aliphatic carbocycles. The maximum absolute atomic E-state index is 14.2. The number of halogens is 4. The van der Waals surface area contributed by atoms with Crippen LogP contribution in [-0.4, -0.2) is 85.9 Å². The van der Waals surface area contributed by atoms with Gasteiger partial charge in [-0.05, 0) is 31.7 Å². The van der Waals surface area contributed by atoms with Crippen molar-refractivity contribution in [3.05, 3.63) is 35.5 Å². The molecule has 0 aromatic carbocycles. The third-order valence-electron chi connectivity index (χ3n) is 8.66. The maximum atomic E-state index is 14.2. The predicted octanol–water partition coefficient (Wildman–Crippen LogP) is 2.79. The van der Waals surface area contributed by atoms with Crippen molar-refractivity contribution in [1.82, 2.24) is 40.0 Å². The van der Waals surface area contributed by atoms with Crippen molar-refractivity contribution in [2.75, 3.05) is 37.7 Å². The molecule has 5 heterocycles. The molecule has 3 aromatic rings. The third-order valence-corrected chi connectivity index (χ3v) is 8.66. The number of piperidine rings is 1. The van der Waals surface area contributed by atoms with Crippen molar-refractivity contribution in [2.24, 2.45) is 11.8 Å².